The first-order valence-electron chi connectivity index (χ1n) is 10.6. The molecule has 4 nitrogen and oxygen atoms in total. The van der Waals surface area contributed by atoms with Crippen molar-refractivity contribution in [2.75, 3.05) is 20.2 Å². The summed E-state index contributed by atoms with van der Waals surface area (Å²) >= 11 is 1.73. The summed E-state index contributed by atoms with van der Waals surface area (Å²) < 4.78 is 5.48. The molecule has 1 N–H and O–H groups in total. The highest BCUT2D eigenvalue weighted by atomic mass is 32.1. The number of thiazole rings is 1. The highest BCUT2D eigenvalue weighted by Gasteiger charge is 2.27. The van der Waals surface area contributed by atoms with Crippen LogP contribution in [0.1, 0.15) is 70.5 Å². The second-order valence-corrected chi connectivity index (χ2v) is 11.2. The number of rotatable bonds is 4. The molecule has 0 radical (unpaired) electrons. The molecule has 160 valence electrons. The number of ether oxygens (including phenoxy) is 1. The van der Waals surface area contributed by atoms with Gasteiger partial charge in [0.25, 0.3) is 0 Å². The minimum absolute atomic E-state index is 0.134. The predicted octanol–water partition coefficient (Wildman–Crippen LogP) is 5.72. The summed E-state index contributed by atoms with van der Waals surface area (Å²) in [4.78, 5) is 7.42. The van der Waals surface area contributed by atoms with E-state index in [0.29, 0.717) is 11.9 Å². The van der Waals surface area contributed by atoms with E-state index in [1.54, 1.807) is 11.3 Å². The molecule has 0 spiro atoms. The van der Waals surface area contributed by atoms with Crippen LogP contribution in [-0.4, -0.2) is 41.3 Å². The Balaban J connectivity index is 1.87. The topological polar surface area (TPSA) is 45.6 Å². The third-order valence-electron chi connectivity index (χ3n) is 5.80. The van der Waals surface area contributed by atoms with E-state index in [4.69, 9.17) is 9.72 Å². The van der Waals surface area contributed by atoms with Crippen molar-refractivity contribution in [2.45, 2.75) is 77.9 Å². The maximum atomic E-state index is 11.0. The molecule has 1 fully saturated rings. The number of piperidine rings is 1. The van der Waals surface area contributed by atoms with Gasteiger partial charge in [0, 0.05) is 42.3 Å². The third kappa shape index (κ3) is 5.19. The molecule has 1 saturated heterocycles. The van der Waals surface area contributed by atoms with Crippen LogP contribution in [-0.2, 0) is 22.1 Å². The van der Waals surface area contributed by atoms with E-state index in [1.165, 1.54) is 0 Å². The summed E-state index contributed by atoms with van der Waals surface area (Å²) in [5.41, 5.74) is 3.80. The number of aromatic hydroxyl groups is 1. The Bertz CT molecular complexity index is 802. The summed E-state index contributed by atoms with van der Waals surface area (Å²) in [7, 11) is 1.81. The molecule has 3 rings (SSSR count). The standard InChI is InChI=1S/C24H36N2O2S/c1-23(2,3)18-12-16(13-19(22(18)27)24(4,5)6)20-15-29-21(25-20)14-26-10-8-17(28-7)9-11-26/h12-13,15,17,27H,8-11,14H2,1-7H3. The van der Waals surface area contributed by atoms with Crippen LogP contribution >= 0.6 is 11.3 Å². The second kappa shape index (κ2) is 8.37. The average Bonchev–Trinajstić information content (AvgIpc) is 3.09. The van der Waals surface area contributed by atoms with Crippen molar-refractivity contribution in [1.82, 2.24) is 9.88 Å². The number of likely N-dealkylation sites (tertiary alicyclic amines) is 1. The molecule has 0 saturated carbocycles. The quantitative estimate of drug-likeness (QED) is 0.692. The van der Waals surface area contributed by atoms with Crippen molar-refractivity contribution in [3.05, 3.63) is 33.6 Å². The van der Waals surface area contributed by atoms with Crippen molar-refractivity contribution >= 4 is 11.3 Å². The Hall–Kier alpha value is -1.43. The summed E-state index contributed by atoms with van der Waals surface area (Å²) in [6.07, 6.45) is 2.59. The van der Waals surface area contributed by atoms with Gasteiger partial charge in [-0.15, -0.1) is 11.3 Å². The number of hydrogen-bond acceptors (Lipinski definition) is 5. The van der Waals surface area contributed by atoms with Crippen LogP contribution in [0.2, 0.25) is 0 Å². The summed E-state index contributed by atoms with van der Waals surface area (Å²) in [6, 6.07) is 4.24. The summed E-state index contributed by atoms with van der Waals surface area (Å²) in [6.45, 7) is 15.9. The molecule has 0 bridgehead atoms. The number of phenolic OH excluding ortho intramolecular Hbond substituents is 1. The number of methoxy groups -OCH3 is 1. The van der Waals surface area contributed by atoms with Gasteiger partial charge in [-0.1, -0.05) is 41.5 Å². The second-order valence-electron chi connectivity index (χ2n) is 10.3. The Morgan fingerprint density at radius 2 is 1.62 bits per heavy atom. The zero-order valence-electron chi connectivity index (χ0n) is 19.0. The molecule has 0 aliphatic carbocycles. The lowest BCUT2D eigenvalue weighted by Gasteiger charge is -2.30. The number of aromatic nitrogens is 1. The van der Waals surface area contributed by atoms with Crippen molar-refractivity contribution in [3.63, 3.8) is 0 Å². The lowest BCUT2D eigenvalue weighted by molar-refractivity contribution is 0.0388. The van der Waals surface area contributed by atoms with Gasteiger partial charge >= 0.3 is 0 Å². The van der Waals surface area contributed by atoms with Crippen molar-refractivity contribution in [3.8, 4) is 17.0 Å². The van der Waals surface area contributed by atoms with Gasteiger partial charge in [-0.3, -0.25) is 4.90 Å². The lowest BCUT2D eigenvalue weighted by atomic mass is 9.78. The maximum Gasteiger partial charge on any atom is 0.123 e. The fourth-order valence-electron chi connectivity index (χ4n) is 3.94. The first-order valence-corrected chi connectivity index (χ1v) is 11.4. The minimum Gasteiger partial charge on any atom is -0.507 e. The lowest BCUT2D eigenvalue weighted by Crippen LogP contribution is -2.36. The first-order chi connectivity index (χ1) is 13.5. The smallest absolute Gasteiger partial charge is 0.123 e. The summed E-state index contributed by atoms with van der Waals surface area (Å²) in [5.74, 6) is 0.421. The minimum atomic E-state index is -0.134. The molecule has 0 atom stereocenters. The van der Waals surface area contributed by atoms with E-state index in [2.05, 4.69) is 64.0 Å². The van der Waals surface area contributed by atoms with Crippen molar-refractivity contribution in [2.24, 2.45) is 0 Å². The largest absolute Gasteiger partial charge is 0.507 e. The van der Waals surface area contributed by atoms with E-state index in [1.807, 2.05) is 7.11 Å². The molecule has 2 aromatic rings. The fourth-order valence-corrected chi connectivity index (χ4v) is 4.78. The van der Waals surface area contributed by atoms with Gasteiger partial charge in [0.1, 0.15) is 10.8 Å². The summed E-state index contributed by atoms with van der Waals surface area (Å²) in [5, 5.41) is 14.3. The molecule has 1 aromatic heterocycles. The van der Waals surface area contributed by atoms with Crippen LogP contribution in [0, 0.1) is 0 Å². The molecular formula is C24H36N2O2S. The van der Waals surface area contributed by atoms with E-state index < -0.39 is 0 Å². The number of hydrogen-bond donors (Lipinski definition) is 1. The van der Waals surface area contributed by atoms with Crippen LogP contribution in [0.15, 0.2) is 17.5 Å². The zero-order valence-corrected chi connectivity index (χ0v) is 19.8. The molecule has 0 unspecified atom stereocenters. The monoisotopic (exact) mass is 416 g/mol. The van der Waals surface area contributed by atoms with Crippen LogP contribution in [0.25, 0.3) is 11.3 Å². The molecule has 1 aliphatic rings. The van der Waals surface area contributed by atoms with Gasteiger partial charge in [0.05, 0.1) is 18.3 Å². The SMILES string of the molecule is COC1CCN(Cc2nc(-c3cc(C(C)(C)C)c(O)c(C(C)(C)C)c3)cs2)CC1. The Morgan fingerprint density at radius 1 is 1.07 bits per heavy atom. The van der Waals surface area contributed by atoms with Gasteiger partial charge in [0.15, 0.2) is 0 Å². The first kappa shape index (κ1) is 22.3. The van der Waals surface area contributed by atoms with Crippen LogP contribution in [0.4, 0.5) is 0 Å². The van der Waals surface area contributed by atoms with Gasteiger partial charge < -0.3 is 9.84 Å². The number of nitrogens with zero attached hydrogens (tertiary/aromatic N) is 2. The van der Waals surface area contributed by atoms with Crippen molar-refractivity contribution in [1.29, 1.82) is 0 Å². The van der Waals surface area contributed by atoms with E-state index in [-0.39, 0.29) is 10.8 Å². The van der Waals surface area contributed by atoms with E-state index in [0.717, 1.165) is 59.9 Å². The van der Waals surface area contributed by atoms with E-state index >= 15 is 0 Å². The maximum absolute atomic E-state index is 11.0. The Morgan fingerprint density at radius 3 is 2.10 bits per heavy atom. The predicted molar refractivity (Wildman–Crippen MR) is 122 cm³/mol. The van der Waals surface area contributed by atoms with Gasteiger partial charge in [-0.2, -0.15) is 0 Å². The number of phenols is 1. The molecule has 1 aliphatic heterocycles. The average molecular weight is 417 g/mol. The molecule has 29 heavy (non-hydrogen) atoms. The molecule has 0 amide bonds. The van der Waals surface area contributed by atoms with Crippen molar-refractivity contribution < 1.29 is 9.84 Å². The highest BCUT2D eigenvalue weighted by molar-refractivity contribution is 7.09. The third-order valence-corrected chi connectivity index (χ3v) is 6.63. The number of benzene rings is 1. The van der Waals surface area contributed by atoms with Gasteiger partial charge in [-0.25, -0.2) is 4.98 Å². The highest BCUT2D eigenvalue weighted by Crippen LogP contribution is 2.42. The Labute approximate surface area is 179 Å². The van der Waals surface area contributed by atoms with E-state index in [9.17, 15) is 5.11 Å². The van der Waals surface area contributed by atoms with Crippen LogP contribution < -0.4 is 0 Å². The Kier molecular flexibility index (Phi) is 6.42. The fraction of sp³-hybridized carbons (Fsp3) is 0.625. The molecule has 1 aromatic carbocycles. The molecule has 2 heterocycles. The zero-order chi connectivity index (χ0) is 21.4. The normalized spacial score (nSPS) is 17.1. The van der Waals surface area contributed by atoms with Gasteiger partial charge in [0.2, 0.25) is 0 Å². The van der Waals surface area contributed by atoms with Gasteiger partial charge in [-0.05, 0) is 35.8 Å². The molecule has 5 heteroatoms. The van der Waals surface area contributed by atoms with Crippen LogP contribution in [0.3, 0.4) is 0 Å². The van der Waals surface area contributed by atoms with Crippen LogP contribution in [0.5, 0.6) is 5.75 Å². The molecular weight excluding hydrogens is 380 g/mol.